The van der Waals surface area contributed by atoms with Crippen LogP contribution in [0.1, 0.15) is 18.9 Å². The Hall–Kier alpha value is -1.35. The van der Waals surface area contributed by atoms with Gasteiger partial charge in [-0.05, 0) is 17.9 Å². The van der Waals surface area contributed by atoms with E-state index in [0.29, 0.717) is 18.9 Å². The Morgan fingerprint density at radius 2 is 2.06 bits per heavy atom. The van der Waals surface area contributed by atoms with Gasteiger partial charge in [-0.3, -0.25) is 4.79 Å². The lowest BCUT2D eigenvalue weighted by Gasteiger charge is -2.34. The maximum Gasteiger partial charge on any atom is 0.222 e. The molecule has 3 nitrogen and oxygen atoms in total. The lowest BCUT2D eigenvalue weighted by molar-refractivity contribution is -0.135. The SMILES string of the molecule is CC1CC(=O)N(CCc2ccccc2)CC1N. The highest BCUT2D eigenvalue weighted by molar-refractivity contribution is 5.77. The molecule has 2 N–H and O–H groups in total. The van der Waals surface area contributed by atoms with Crippen LogP contribution in [0, 0.1) is 5.92 Å². The second-order valence-electron chi connectivity index (χ2n) is 4.92. The molecular weight excluding hydrogens is 212 g/mol. The molecule has 0 spiro atoms. The van der Waals surface area contributed by atoms with E-state index >= 15 is 0 Å². The summed E-state index contributed by atoms with van der Waals surface area (Å²) in [7, 11) is 0. The van der Waals surface area contributed by atoms with Crippen molar-refractivity contribution in [2.45, 2.75) is 25.8 Å². The largest absolute Gasteiger partial charge is 0.341 e. The molecule has 92 valence electrons. The zero-order valence-electron chi connectivity index (χ0n) is 10.3. The van der Waals surface area contributed by atoms with Crippen LogP contribution in [-0.2, 0) is 11.2 Å². The highest BCUT2D eigenvalue weighted by Gasteiger charge is 2.28. The van der Waals surface area contributed by atoms with Gasteiger partial charge in [0, 0.05) is 25.6 Å². The van der Waals surface area contributed by atoms with Crippen LogP contribution in [0.4, 0.5) is 0 Å². The molecule has 3 heteroatoms. The summed E-state index contributed by atoms with van der Waals surface area (Å²) in [5.41, 5.74) is 7.28. The maximum atomic E-state index is 11.8. The average molecular weight is 232 g/mol. The summed E-state index contributed by atoms with van der Waals surface area (Å²) in [6.07, 6.45) is 1.50. The number of hydrogen-bond acceptors (Lipinski definition) is 2. The summed E-state index contributed by atoms with van der Waals surface area (Å²) < 4.78 is 0. The number of rotatable bonds is 3. The van der Waals surface area contributed by atoms with Crippen LogP contribution in [0.25, 0.3) is 0 Å². The standard InChI is InChI=1S/C14H20N2O/c1-11-9-14(17)16(10-13(11)15)8-7-12-5-3-2-4-6-12/h2-6,11,13H,7-10,15H2,1H3. The average Bonchev–Trinajstić information content (AvgIpc) is 2.33. The summed E-state index contributed by atoms with van der Waals surface area (Å²) >= 11 is 0. The van der Waals surface area contributed by atoms with Gasteiger partial charge in [-0.1, -0.05) is 37.3 Å². The number of hydrogen-bond donors (Lipinski definition) is 1. The van der Waals surface area contributed by atoms with Gasteiger partial charge in [0.1, 0.15) is 0 Å². The number of nitrogens with two attached hydrogens (primary N) is 1. The molecule has 1 saturated heterocycles. The summed E-state index contributed by atoms with van der Waals surface area (Å²) in [5, 5.41) is 0. The first-order valence-electron chi connectivity index (χ1n) is 6.24. The molecule has 2 unspecified atom stereocenters. The molecule has 0 aromatic heterocycles. The first-order chi connectivity index (χ1) is 8.16. The summed E-state index contributed by atoms with van der Waals surface area (Å²) in [6.45, 7) is 3.53. The number of amides is 1. The van der Waals surface area contributed by atoms with Crippen molar-refractivity contribution in [2.75, 3.05) is 13.1 Å². The summed E-state index contributed by atoms with van der Waals surface area (Å²) in [4.78, 5) is 13.7. The smallest absolute Gasteiger partial charge is 0.222 e. The van der Waals surface area contributed by atoms with Gasteiger partial charge in [-0.15, -0.1) is 0 Å². The Morgan fingerprint density at radius 1 is 1.35 bits per heavy atom. The molecular formula is C14H20N2O. The lowest BCUT2D eigenvalue weighted by Crippen LogP contribution is -2.50. The van der Waals surface area contributed by atoms with Crippen LogP contribution in [0.5, 0.6) is 0 Å². The van der Waals surface area contributed by atoms with Crippen molar-refractivity contribution in [3.63, 3.8) is 0 Å². The van der Waals surface area contributed by atoms with Crippen LogP contribution in [-0.4, -0.2) is 29.9 Å². The fourth-order valence-corrected chi connectivity index (χ4v) is 2.22. The molecule has 1 heterocycles. The predicted molar refractivity (Wildman–Crippen MR) is 68.5 cm³/mol. The highest BCUT2D eigenvalue weighted by atomic mass is 16.2. The van der Waals surface area contributed by atoms with Gasteiger partial charge in [0.05, 0.1) is 0 Å². The molecule has 0 radical (unpaired) electrons. The molecule has 1 aliphatic heterocycles. The van der Waals surface area contributed by atoms with Crippen molar-refractivity contribution in [3.05, 3.63) is 35.9 Å². The maximum absolute atomic E-state index is 11.8. The lowest BCUT2D eigenvalue weighted by atomic mass is 9.93. The molecule has 1 aromatic rings. The molecule has 0 saturated carbocycles. The van der Waals surface area contributed by atoms with Crippen molar-refractivity contribution >= 4 is 5.91 Å². The van der Waals surface area contributed by atoms with Crippen molar-refractivity contribution in [1.29, 1.82) is 0 Å². The molecule has 1 aliphatic rings. The third kappa shape index (κ3) is 3.07. The molecule has 17 heavy (non-hydrogen) atoms. The fourth-order valence-electron chi connectivity index (χ4n) is 2.22. The Kier molecular flexibility index (Phi) is 3.79. The van der Waals surface area contributed by atoms with Crippen LogP contribution in [0.2, 0.25) is 0 Å². The molecule has 1 fully saturated rings. The van der Waals surface area contributed by atoms with Gasteiger partial charge in [-0.25, -0.2) is 0 Å². The number of piperidine rings is 1. The van der Waals surface area contributed by atoms with E-state index < -0.39 is 0 Å². The van der Waals surface area contributed by atoms with E-state index in [-0.39, 0.29) is 11.9 Å². The Labute approximate surface area is 103 Å². The topological polar surface area (TPSA) is 46.3 Å². The van der Waals surface area contributed by atoms with Gasteiger partial charge in [0.15, 0.2) is 0 Å². The molecule has 2 rings (SSSR count). The van der Waals surface area contributed by atoms with Crippen LogP contribution in [0.3, 0.4) is 0 Å². The summed E-state index contributed by atoms with van der Waals surface area (Å²) in [5.74, 6) is 0.561. The first kappa shape index (κ1) is 12.1. The minimum absolute atomic E-state index is 0.128. The molecule has 2 atom stereocenters. The van der Waals surface area contributed by atoms with Gasteiger partial charge in [0.2, 0.25) is 5.91 Å². The number of benzene rings is 1. The van der Waals surface area contributed by atoms with Crippen molar-refractivity contribution < 1.29 is 4.79 Å². The van der Waals surface area contributed by atoms with E-state index in [1.54, 1.807) is 0 Å². The fraction of sp³-hybridized carbons (Fsp3) is 0.500. The van der Waals surface area contributed by atoms with E-state index in [1.807, 2.05) is 23.1 Å². The molecule has 0 aliphatic carbocycles. The Bertz CT molecular complexity index is 377. The first-order valence-corrected chi connectivity index (χ1v) is 6.24. The normalized spacial score (nSPS) is 25.1. The zero-order chi connectivity index (χ0) is 12.3. The van der Waals surface area contributed by atoms with Gasteiger partial charge < -0.3 is 10.6 Å². The molecule has 1 aromatic carbocycles. The second-order valence-corrected chi connectivity index (χ2v) is 4.92. The van der Waals surface area contributed by atoms with Gasteiger partial charge >= 0.3 is 0 Å². The van der Waals surface area contributed by atoms with E-state index in [1.165, 1.54) is 5.56 Å². The van der Waals surface area contributed by atoms with E-state index in [9.17, 15) is 4.79 Å². The zero-order valence-corrected chi connectivity index (χ0v) is 10.3. The molecule has 1 amide bonds. The van der Waals surface area contributed by atoms with Crippen LogP contribution in [0.15, 0.2) is 30.3 Å². The van der Waals surface area contributed by atoms with E-state index in [0.717, 1.165) is 13.0 Å². The number of carbonyl (C=O) groups excluding carboxylic acids is 1. The van der Waals surface area contributed by atoms with Crippen molar-refractivity contribution in [2.24, 2.45) is 11.7 Å². The van der Waals surface area contributed by atoms with E-state index in [2.05, 4.69) is 19.1 Å². The number of nitrogens with zero attached hydrogens (tertiary/aromatic N) is 1. The van der Waals surface area contributed by atoms with E-state index in [4.69, 9.17) is 5.73 Å². The quantitative estimate of drug-likeness (QED) is 0.857. The number of likely N-dealkylation sites (tertiary alicyclic amines) is 1. The predicted octanol–water partition coefficient (Wildman–Crippen LogP) is 1.42. The molecule has 0 bridgehead atoms. The monoisotopic (exact) mass is 232 g/mol. The third-order valence-electron chi connectivity index (χ3n) is 3.52. The van der Waals surface area contributed by atoms with Crippen LogP contribution >= 0.6 is 0 Å². The highest BCUT2D eigenvalue weighted by Crippen LogP contribution is 2.17. The summed E-state index contributed by atoms with van der Waals surface area (Å²) in [6, 6.07) is 10.4. The second kappa shape index (κ2) is 5.32. The number of carbonyl (C=O) groups is 1. The van der Waals surface area contributed by atoms with Gasteiger partial charge in [0.25, 0.3) is 0 Å². The minimum Gasteiger partial charge on any atom is -0.341 e. The van der Waals surface area contributed by atoms with Gasteiger partial charge in [-0.2, -0.15) is 0 Å². The van der Waals surface area contributed by atoms with Crippen molar-refractivity contribution in [3.8, 4) is 0 Å². The Balaban J connectivity index is 1.89. The van der Waals surface area contributed by atoms with Crippen LogP contribution < -0.4 is 5.73 Å². The minimum atomic E-state index is 0.128. The third-order valence-corrected chi connectivity index (χ3v) is 3.52. The van der Waals surface area contributed by atoms with Crippen molar-refractivity contribution in [1.82, 2.24) is 4.90 Å². The Morgan fingerprint density at radius 3 is 2.76 bits per heavy atom.